The molecule has 72 valence electrons. The SMILES string of the molecule is C=C/C=C(/C)c1ccccc1C.[B]C. The second-order valence-electron chi connectivity index (χ2n) is 2.90. The molecule has 0 saturated carbocycles. The smallest absolute Gasteiger partial charge is 0.0606 e. The number of hydrogen-bond donors (Lipinski definition) is 0. The van der Waals surface area contributed by atoms with Crippen molar-refractivity contribution in [2.24, 2.45) is 0 Å². The highest BCUT2D eigenvalue weighted by atomic mass is 14.0. The number of hydrogen-bond acceptors (Lipinski definition) is 0. The molecular weight excluding hydrogens is 167 g/mol. The third-order valence-corrected chi connectivity index (χ3v) is 1.94. The van der Waals surface area contributed by atoms with Gasteiger partial charge in [-0.2, -0.15) is 0 Å². The maximum atomic E-state index is 4.50. The Morgan fingerprint density at radius 2 is 1.86 bits per heavy atom. The van der Waals surface area contributed by atoms with Crippen LogP contribution >= 0.6 is 0 Å². The lowest BCUT2D eigenvalue weighted by molar-refractivity contribution is 1.41. The molecule has 0 aliphatic carbocycles. The van der Waals surface area contributed by atoms with Gasteiger partial charge in [0.1, 0.15) is 0 Å². The van der Waals surface area contributed by atoms with Crippen LogP contribution in [0.25, 0.3) is 5.57 Å². The molecule has 0 amide bonds. The molecule has 1 aromatic carbocycles. The second kappa shape index (κ2) is 7.20. The van der Waals surface area contributed by atoms with Gasteiger partial charge in [0.05, 0.1) is 7.85 Å². The molecule has 1 aromatic rings. The van der Waals surface area contributed by atoms with Crippen LogP contribution < -0.4 is 0 Å². The van der Waals surface area contributed by atoms with Gasteiger partial charge in [-0.1, -0.05) is 49.8 Å². The minimum atomic E-state index is 1.27. The molecule has 1 heteroatoms. The summed E-state index contributed by atoms with van der Waals surface area (Å²) in [6.07, 6.45) is 3.85. The standard InChI is InChI=1S/C12H14.CH3B/c1-4-7-10(2)12-9-6-5-8-11(12)3;1-2/h4-9H,1H2,2-3H3;1H3/b10-7-;. The van der Waals surface area contributed by atoms with Crippen molar-refractivity contribution in [2.75, 3.05) is 0 Å². The van der Waals surface area contributed by atoms with Gasteiger partial charge in [0, 0.05) is 0 Å². The molecule has 0 fully saturated rings. The molecule has 0 bridgehead atoms. The van der Waals surface area contributed by atoms with E-state index in [1.807, 2.05) is 12.2 Å². The third-order valence-electron chi connectivity index (χ3n) is 1.94. The van der Waals surface area contributed by atoms with Gasteiger partial charge in [-0.05, 0) is 30.5 Å². The first kappa shape index (κ1) is 12.8. The van der Waals surface area contributed by atoms with Gasteiger partial charge in [0.2, 0.25) is 0 Å². The van der Waals surface area contributed by atoms with Crippen LogP contribution in [0, 0.1) is 6.92 Å². The van der Waals surface area contributed by atoms with Crippen LogP contribution in [0.5, 0.6) is 0 Å². The predicted octanol–water partition coefficient (Wildman–Crippen LogP) is 3.79. The molecular formula is C13H17B. The third kappa shape index (κ3) is 3.65. The van der Waals surface area contributed by atoms with Crippen molar-refractivity contribution >= 4 is 13.4 Å². The quantitative estimate of drug-likeness (QED) is 0.484. The summed E-state index contributed by atoms with van der Waals surface area (Å²) < 4.78 is 0. The van der Waals surface area contributed by atoms with Crippen LogP contribution in [0.15, 0.2) is 43.0 Å². The molecule has 0 aliphatic rings. The zero-order chi connectivity index (χ0) is 11.0. The van der Waals surface area contributed by atoms with Crippen molar-refractivity contribution in [1.82, 2.24) is 0 Å². The maximum Gasteiger partial charge on any atom is 0.0606 e. The summed E-state index contributed by atoms with van der Waals surface area (Å²) in [4.78, 5) is 0. The van der Waals surface area contributed by atoms with E-state index in [1.54, 1.807) is 0 Å². The summed E-state index contributed by atoms with van der Waals surface area (Å²) in [6, 6.07) is 8.36. The van der Waals surface area contributed by atoms with Gasteiger partial charge in [0.15, 0.2) is 0 Å². The van der Waals surface area contributed by atoms with E-state index in [4.69, 9.17) is 0 Å². The van der Waals surface area contributed by atoms with E-state index >= 15 is 0 Å². The van der Waals surface area contributed by atoms with Gasteiger partial charge in [-0.25, -0.2) is 0 Å². The van der Waals surface area contributed by atoms with E-state index in [9.17, 15) is 0 Å². The fourth-order valence-electron chi connectivity index (χ4n) is 1.28. The van der Waals surface area contributed by atoms with Gasteiger partial charge in [-0.15, -0.1) is 0 Å². The molecule has 0 N–H and O–H groups in total. The first-order valence-electron chi connectivity index (χ1n) is 4.68. The Morgan fingerprint density at radius 3 is 2.36 bits per heavy atom. The first-order chi connectivity index (χ1) is 6.75. The van der Waals surface area contributed by atoms with Crippen LogP contribution in [-0.2, 0) is 0 Å². The lowest BCUT2D eigenvalue weighted by Gasteiger charge is -2.03. The molecule has 0 unspecified atom stereocenters. The Morgan fingerprint density at radius 1 is 1.29 bits per heavy atom. The average molecular weight is 184 g/mol. The summed E-state index contributed by atoms with van der Waals surface area (Å²) in [5, 5.41) is 0. The minimum absolute atomic E-state index is 1.27. The monoisotopic (exact) mass is 184 g/mol. The largest absolute Gasteiger partial charge is 0.0999 e. The molecule has 2 radical (unpaired) electrons. The number of rotatable bonds is 2. The number of benzene rings is 1. The van der Waals surface area contributed by atoms with Gasteiger partial charge in [-0.3, -0.25) is 0 Å². The maximum absolute atomic E-state index is 4.50. The Balaban J connectivity index is 0.000000791. The minimum Gasteiger partial charge on any atom is -0.0999 e. The topological polar surface area (TPSA) is 0 Å². The number of allylic oxidation sites excluding steroid dienone is 3. The predicted molar refractivity (Wildman–Crippen MR) is 66.6 cm³/mol. The van der Waals surface area contributed by atoms with Crippen molar-refractivity contribution in [3.8, 4) is 0 Å². The van der Waals surface area contributed by atoms with E-state index in [-0.39, 0.29) is 0 Å². The van der Waals surface area contributed by atoms with Gasteiger partial charge >= 0.3 is 0 Å². The van der Waals surface area contributed by atoms with Crippen LogP contribution in [0.4, 0.5) is 0 Å². The summed E-state index contributed by atoms with van der Waals surface area (Å²) in [5.41, 5.74) is 3.88. The van der Waals surface area contributed by atoms with Crippen molar-refractivity contribution in [3.63, 3.8) is 0 Å². The summed E-state index contributed by atoms with van der Waals surface area (Å²) >= 11 is 0. The highest BCUT2D eigenvalue weighted by Crippen LogP contribution is 2.17. The second-order valence-corrected chi connectivity index (χ2v) is 2.90. The van der Waals surface area contributed by atoms with E-state index in [0.717, 1.165) is 0 Å². The van der Waals surface area contributed by atoms with Crippen LogP contribution in [-0.4, -0.2) is 7.85 Å². The first-order valence-corrected chi connectivity index (χ1v) is 4.68. The zero-order valence-corrected chi connectivity index (χ0v) is 9.25. The average Bonchev–Trinajstić information content (AvgIpc) is 2.22. The van der Waals surface area contributed by atoms with Crippen molar-refractivity contribution in [3.05, 3.63) is 54.1 Å². The fourth-order valence-corrected chi connectivity index (χ4v) is 1.28. The fraction of sp³-hybridized carbons (Fsp3) is 0.231. The molecule has 1 rings (SSSR count). The summed E-state index contributed by atoms with van der Waals surface area (Å²) in [6.45, 7) is 9.40. The molecule has 0 atom stereocenters. The van der Waals surface area contributed by atoms with Crippen molar-refractivity contribution in [1.29, 1.82) is 0 Å². The molecule has 0 heterocycles. The van der Waals surface area contributed by atoms with E-state index in [0.29, 0.717) is 0 Å². The molecule has 14 heavy (non-hydrogen) atoms. The van der Waals surface area contributed by atoms with Crippen LogP contribution in [0.1, 0.15) is 18.1 Å². The summed E-state index contributed by atoms with van der Waals surface area (Å²) in [5.74, 6) is 0. The lowest BCUT2D eigenvalue weighted by atomic mass is 10.0. The van der Waals surface area contributed by atoms with Gasteiger partial charge < -0.3 is 0 Å². The molecule has 0 aromatic heterocycles. The van der Waals surface area contributed by atoms with E-state index in [2.05, 4.69) is 52.5 Å². The molecule has 0 saturated heterocycles. The Kier molecular flexibility index (Phi) is 6.56. The Labute approximate surface area is 88.8 Å². The normalized spacial score (nSPS) is 10.1. The zero-order valence-electron chi connectivity index (χ0n) is 9.25. The highest BCUT2D eigenvalue weighted by Gasteiger charge is 1.96. The Bertz CT molecular complexity index is 311. The van der Waals surface area contributed by atoms with Gasteiger partial charge in [0.25, 0.3) is 0 Å². The van der Waals surface area contributed by atoms with E-state index in [1.165, 1.54) is 23.5 Å². The van der Waals surface area contributed by atoms with Crippen LogP contribution in [0.3, 0.4) is 0 Å². The highest BCUT2D eigenvalue weighted by molar-refractivity contribution is 6.05. The van der Waals surface area contributed by atoms with Crippen molar-refractivity contribution < 1.29 is 0 Å². The number of aryl methyl sites for hydroxylation is 1. The molecule has 0 spiro atoms. The molecule has 0 nitrogen and oxygen atoms in total. The Hall–Kier alpha value is -1.24. The lowest BCUT2D eigenvalue weighted by Crippen LogP contribution is -1.83. The summed E-state index contributed by atoms with van der Waals surface area (Å²) in [7, 11) is 4.50. The van der Waals surface area contributed by atoms with Crippen molar-refractivity contribution in [2.45, 2.75) is 20.7 Å². The van der Waals surface area contributed by atoms with Crippen LogP contribution in [0.2, 0.25) is 6.82 Å². The molecule has 0 aliphatic heterocycles. The van der Waals surface area contributed by atoms with E-state index < -0.39 is 0 Å².